The molecule has 1 aliphatic heterocycles. The van der Waals surface area contributed by atoms with Gasteiger partial charge in [0.1, 0.15) is 5.75 Å². The van der Waals surface area contributed by atoms with Crippen LogP contribution in [-0.4, -0.2) is 36.2 Å². The second-order valence-corrected chi connectivity index (χ2v) is 9.49. The standard InChI is InChI=1S/C28H41NO2/c1-4-31-26-16-14-25(15-17-26)28(30,19-18-23(2)3)27(24-12-8-7-9-13-24)22-29-20-10-5-6-11-21-29/h7-9,12-17,23,27,30H,4-6,10-11,18-22H2,1-3H3/t27-,28-/m0/s1. The smallest absolute Gasteiger partial charge is 0.119 e. The number of likely N-dealkylation sites (tertiary alicyclic amines) is 1. The van der Waals surface area contributed by atoms with Crippen LogP contribution in [-0.2, 0) is 5.60 Å². The summed E-state index contributed by atoms with van der Waals surface area (Å²) in [4.78, 5) is 2.58. The molecule has 0 unspecified atom stereocenters. The molecule has 2 aromatic rings. The minimum atomic E-state index is -0.914. The fourth-order valence-corrected chi connectivity index (χ4v) is 4.83. The lowest BCUT2D eigenvalue weighted by Crippen LogP contribution is -2.41. The van der Waals surface area contributed by atoms with Crippen molar-refractivity contribution < 1.29 is 9.84 Å². The normalized spacial score (nSPS) is 18.4. The van der Waals surface area contributed by atoms with Crippen LogP contribution in [0, 0.1) is 5.92 Å². The lowest BCUT2D eigenvalue weighted by atomic mass is 9.73. The van der Waals surface area contributed by atoms with Crippen LogP contribution >= 0.6 is 0 Å². The molecule has 1 aliphatic rings. The summed E-state index contributed by atoms with van der Waals surface area (Å²) >= 11 is 0. The van der Waals surface area contributed by atoms with Gasteiger partial charge in [-0.05, 0) is 74.9 Å². The zero-order valence-corrected chi connectivity index (χ0v) is 19.7. The number of ether oxygens (including phenoxy) is 1. The van der Waals surface area contributed by atoms with E-state index in [9.17, 15) is 5.11 Å². The highest BCUT2D eigenvalue weighted by Crippen LogP contribution is 2.42. The van der Waals surface area contributed by atoms with Gasteiger partial charge in [0.05, 0.1) is 12.2 Å². The fraction of sp³-hybridized carbons (Fsp3) is 0.571. The Morgan fingerprint density at radius 1 is 0.935 bits per heavy atom. The van der Waals surface area contributed by atoms with Crippen molar-refractivity contribution in [3.8, 4) is 5.75 Å². The molecule has 0 aromatic heterocycles. The Morgan fingerprint density at radius 2 is 1.58 bits per heavy atom. The van der Waals surface area contributed by atoms with E-state index in [1.54, 1.807) is 0 Å². The van der Waals surface area contributed by atoms with Gasteiger partial charge < -0.3 is 14.7 Å². The first kappa shape index (κ1) is 23.8. The average molecular weight is 424 g/mol. The van der Waals surface area contributed by atoms with Crippen molar-refractivity contribution in [2.45, 2.75) is 70.8 Å². The van der Waals surface area contributed by atoms with Crippen LogP contribution in [0.5, 0.6) is 5.75 Å². The van der Waals surface area contributed by atoms with Crippen LogP contribution in [0.2, 0.25) is 0 Å². The molecule has 0 aliphatic carbocycles. The quantitative estimate of drug-likeness (QED) is 0.482. The third kappa shape index (κ3) is 6.57. The summed E-state index contributed by atoms with van der Waals surface area (Å²) in [5.41, 5.74) is 1.31. The zero-order chi connectivity index (χ0) is 22.1. The lowest BCUT2D eigenvalue weighted by Gasteiger charge is -2.40. The summed E-state index contributed by atoms with van der Waals surface area (Å²) in [6.45, 7) is 10.3. The predicted octanol–water partition coefficient (Wildman–Crippen LogP) is 6.37. The van der Waals surface area contributed by atoms with E-state index in [-0.39, 0.29) is 5.92 Å². The van der Waals surface area contributed by atoms with Gasteiger partial charge in [-0.25, -0.2) is 0 Å². The van der Waals surface area contributed by atoms with E-state index in [1.165, 1.54) is 31.2 Å². The van der Waals surface area contributed by atoms with Crippen LogP contribution in [0.1, 0.15) is 76.3 Å². The number of benzene rings is 2. The Morgan fingerprint density at radius 3 is 2.16 bits per heavy atom. The van der Waals surface area contributed by atoms with Gasteiger partial charge in [0.25, 0.3) is 0 Å². The maximum atomic E-state index is 12.4. The second kappa shape index (κ2) is 11.7. The Bertz CT molecular complexity index is 750. The Labute approximate surface area is 189 Å². The molecule has 170 valence electrons. The Kier molecular flexibility index (Phi) is 8.98. The Balaban J connectivity index is 1.98. The monoisotopic (exact) mass is 423 g/mol. The fourth-order valence-electron chi connectivity index (χ4n) is 4.83. The van der Waals surface area contributed by atoms with E-state index >= 15 is 0 Å². The third-order valence-corrected chi connectivity index (χ3v) is 6.69. The minimum absolute atomic E-state index is 0.0310. The molecule has 0 spiro atoms. The first-order chi connectivity index (χ1) is 15.0. The van der Waals surface area contributed by atoms with E-state index in [1.807, 2.05) is 19.1 Å². The largest absolute Gasteiger partial charge is 0.494 e. The highest BCUT2D eigenvalue weighted by atomic mass is 16.5. The van der Waals surface area contributed by atoms with Crippen LogP contribution in [0.4, 0.5) is 0 Å². The van der Waals surface area contributed by atoms with Gasteiger partial charge in [-0.2, -0.15) is 0 Å². The molecule has 0 amide bonds. The second-order valence-electron chi connectivity index (χ2n) is 9.49. The number of nitrogens with zero attached hydrogens (tertiary/aromatic N) is 1. The van der Waals surface area contributed by atoms with Crippen LogP contribution < -0.4 is 4.74 Å². The van der Waals surface area contributed by atoms with Gasteiger partial charge in [-0.3, -0.25) is 0 Å². The van der Waals surface area contributed by atoms with E-state index < -0.39 is 5.60 Å². The maximum absolute atomic E-state index is 12.4. The summed E-state index contributed by atoms with van der Waals surface area (Å²) in [6.07, 6.45) is 6.91. The van der Waals surface area contributed by atoms with E-state index in [0.29, 0.717) is 12.5 Å². The van der Waals surface area contributed by atoms with Gasteiger partial charge >= 0.3 is 0 Å². The Hall–Kier alpha value is -1.84. The maximum Gasteiger partial charge on any atom is 0.119 e. The molecule has 1 saturated heterocycles. The van der Waals surface area contributed by atoms with Gasteiger partial charge in [0.15, 0.2) is 0 Å². The molecular weight excluding hydrogens is 382 g/mol. The van der Waals surface area contributed by atoms with E-state index in [4.69, 9.17) is 4.74 Å². The van der Waals surface area contributed by atoms with Gasteiger partial charge in [0.2, 0.25) is 0 Å². The van der Waals surface area contributed by atoms with Gasteiger partial charge in [0, 0.05) is 12.5 Å². The number of aliphatic hydroxyl groups is 1. The number of hydrogen-bond acceptors (Lipinski definition) is 3. The molecule has 2 atom stereocenters. The van der Waals surface area contributed by atoms with Crippen molar-refractivity contribution in [3.63, 3.8) is 0 Å². The van der Waals surface area contributed by atoms with Crippen molar-refractivity contribution in [2.75, 3.05) is 26.2 Å². The SMILES string of the molecule is CCOc1ccc([C@@](O)(CCC(C)C)[C@@H](CN2CCCCCC2)c2ccccc2)cc1. The van der Waals surface area contributed by atoms with Crippen molar-refractivity contribution in [1.29, 1.82) is 0 Å². The summed E-state index contributed by atoms with van der Waals surface area (Å²) < 4.78 is 5.66. The molecule has 0 radical (unpaired) electrons. The topological polar surface area (TPSA) is 32.7 Å². The first-order valence-electron chi connectivity index (χ1n) is 12.3. The molecule has 1 heterocycles. The third-order valence-electron chi connectivity index (χ3n) is 6.69. The zero-order valence-electron chi connectivity index (χ0n) is 19.7. The lowest BCUT2D eigenvalue weighted by molar-refractivity contribution is -0.0170. The summed E-state index contributed by atoms with van der Waals surface area (Å²) in [5, 5.41) is 12.4. The molecule has 3 heteroatoms. The van der Waals surface area contributed by atoms with Crippen molar-refractivity contribution in [3.05, 3.63) is 65.7 Å². The average Bonchev–Trinajstić information content (AvgIpc) is 3.06. The number of hydrogen-bond donors (Lipinski definition) is 1. The predicted molar refractivity (Wildman–Crippen MR) is 130 cm³/mol. The molecule has 3 rings (SSSR count). The molecular formula is C28H41NO2. The number of rotatable bonds is 10. The highest BCUT2D eigenvalue weighted by Gasteiger charge is 2.40. The van der Waals surface area contributed by atoms with Crippen molar-refractivity contribution >= 4 is 0 Å². The van der Waals surface area contributed by atoms with Crippen LogP contribution in [0.3, 0.4) is 0 Å². The molecule has 1 N–H and O–H groups in total. The molecule has 2 aromatic carbocycles. The van der Waals surface area contributed by atoms with Crippen molar-refractivity contribution in [1.82, 2.24) is 4.90 Å². The molecule has 0 saturated carbocycles. The van der Waals surface area contributed by atoms with Crippen LogP contribution in [0.15, 0.2) is 54.6 Å². The molecule has 31 heavy (non-hydrogen) atoms. The molecule has 0 bridgehead atoms. The summed E-state index contributed by atoms with van der Waals surface area (Å²) in [6, 6.07) is 18.8. The summed E-state index contributed by atoms with van der Waals surface area (Å²) in [5.74, 6) is 1.44. The van der Waals surface area contributed by atoms with Gasteiger partial charge in [-0.15, -0.1) is 0 Å². The molecule has 3 nitrogen and oxygen atoms in total. The van der Waals surface area contributed by atoms with Crippen LogP contribution in [0.25, 0.3) is 0 Å². The van der Waals surface area contributed by atoms with Gasteiger partial charge in [-0.1, -0.05) is 69.2 Å². The first-order valence-corrected chi connectivity index (χ1v) is 12.3. The minimum Gasteiger partial charge on any atom is -0.494 e. The van der Waals surface area contributed by atoms with Crippen molar-refractivity contribution in [2.24, 2.45) is 5.92 Å². The molecule has 1 fully saturated rings. The highest BCUT2D eigenvalue weighted by molar-refractivity contribution is 5.35. The van der Waals surface area contributed by atoms with E-state index in [0.717, 1.165) is 43.8 Å². The van der Waals surface area contributed by atoms with E-state index in [2.05, 4.69) is 61.2 Å². The summed E-state index contributed by atoms with van der Waals surface area (Å²) in [7, 11) is 0.